The van der Waals surface area contributed by atoms with Crippen LogP contribution in [0.3, 0.4) is 0 Å². The lowest BCUT2D eigenvalue weighted by Gasteiger charge is -1.94. The van der Waals surface area contributed by atoms with Crippen LogP contribution in [0.2, 0.25) is 0 Å². The summed E-state index contributed by atoms with van der Waals surface area (Å²) in [5.41, 5.74) is 0. The van der Waals surface area contributed by atoms with E-state index in [2.05, 4.69) is 47.4 Å². The van der Waals surface area contributed by atoms with E-state index in [0.717, 1.165) is 0 Å². The zero-order valence-corrected chi connectivity index (χ0v) is 13.7. The second-order valence-electron chi connectivity index (χ2n) is 4.11. The van der Waals surface area contributed by atoms with E-state index in [1.54, 1.807) is 0 Å². The first kappa shape index (κ1) is 19.5. The molecule has 0 fully saturated rings. The van der Waals surface area contributed by atoms with Crippen LogP contribution in [0.25, 0.3) is 0 Å². The van der Waals surface area contributed by atoms with Crippen LogP contribution in [0.1, 0.15) is 39.0 Å². The molecule has 1 aromatic carbocycles. The van der Waals surface area contributed by atoms with Gasteiger partial charge in [0, 0.05) is 0 Å². The Hall–Kier alpha value is -0.525. The minimum absolute atomic E-state index is 0.120. The van der Waals surface area contributed by atoms with Crippen molar-refractivity contribution in [2.24, 2.45) is 0 Å². The molecular formula is C14H20BF4I. The molecule has 1 rings (SSSR count). The van der Waals surface area contributed by atoms with Crippen LogP contribution in [-0.2, 0) is 0 Å². The molecule has 0 unspecified atom stereocenters. The van der Waals surface area contributed by atoms with Gasteiger partial charge >= 0.3 is 28.5 Å². The van der Waals surface area contributed by atoms with Gasteiger partial charge in [-0.05, 0) is 31.1 Å². The second kappa shape index (κ2) is 12.2. The minimum Gasteiger partial charge on any atom is -0.418 e. The normalized spacial score (nSPS) is 11.2. The van der Waals surface area contributed by atoms with Crippen LogP contribution in [0.15, 0.2) is 40.5 Å². The van der Waals surface area contributed by atoms with E-state index in [1.807, 2.05) is 0 Å². The van der Waals surface area contributed by atoms with E-state index >= 15 is 0 Å². The first-order valence-corrected chi connectivity index (χ1v) is 8.96. The average Bonchev–Trinajstić information content (AvgIpc) is 2.37. The maximum absolute atomic E-state index is 9.75. The van der Waals surface area contributed by atoms with Crippen LogP contribution in [0, 0.1) is 3.57 Å². The van der Waals surface area contributed by atoms with Gasteiger partial charge in [-0.3, -0.25) is 0 Å². The van der Waals surface area contributed by atoms with Gasteiger partial charge in [-0.2, -0.15) is 0 Å². The molecule has 1 aromatic rings. The van der Waals surface area contributed by atoms with Gasteiger partial charge in [-0.1, -0.05) is 44.4 Å². The number of allylic oxidation sites excluding steroid dienone is 1. The van der Waals surface area contributed by atoms with Gasteiger partial charge in [0.25, 0.3) is 0 Å². The molecule has 0 bridgehead atoms. The van der Waals surface area contributed by atoms with Crippen LogP contribution >= 0.6 is 0 Å². The third-order valence-electron chi connectivity index (χ3n) is 2.24. The van der Waals surface area contributed by atoms with Crippen molar-refractivity contribution in [3.05, 3.63) is 44.1 Å². The highest BCUT2D eigenvalue weighted by Crippen LogP contribution is 2.06. The summed E-state index contributed by atoms with van der Waals surface area (Å²) in [6.45, 7) is 2.26. The van der Waals surface area contributed by atoms with Gasteiger partial charge in [0.1, 0.15) is 0 Å². The molecule has 0 aliphatic heterocycles. The van der Waals surface area contributed by atoms with Crippen molar-refractivity contribution >= 4 is 7.25 Å². The van der Waals surface area contributed by atoms with Crippen LogP contribution in [0.5, 0.6) is 0 Å². The quantitative estimate of drug-likeness (QED) is 0.285. The summed E-state index contributed by atoms with van der Waals surface area (Å²) >= 11 is 0.120. The van der Waals surface area contributed by atoms with Crippen molar-refractivity contribution in [2.75, 3.05) is 0 Å². The SMILES string of the molecule is CCCCCC/C=C/[I+]c1ccccc1.F[B-](F)(F)F. The summed E-state index contributed by atoms with van der Waals surface area (Å²) in [6.07, 6.45) is 9.12. The molecule has 0 spiro atoms. The Bertz CT molecular complexity index is 346. The summed E-state index contributed by atoms with van der Waals surface area (Å²) in [5.74, 6) is 0. The Labute approximate surface area is 129 Å². The standard InChI is InChI=1S/C14H20I.BF4/c1-2-3-4-5-6-10-13-15-14-11-8-7-9-12-14;2-1(3,4)5/h7-13H,2-6H2,1H3;/q+1;-1/b13-10+;. The highest BCUT2D eigenvalue weighted by molar-refractivity contribution is 6.50. The topological polar surface area (TPSA) is 0 Å². The lowest BCUT2D eigenvalue weighted by atomic mass is 10.2. The van der Waals surface area contributed by atoms with E-state index in [-0.39, 0.29) is 21.2 Å². The molecule has 0 aromatic heterocycles. The Morgan fingerprint density at radius 1 is 1.00 bits per heavy atom. The van der Waals surface area contributed by atoms with E-state index in [9.17, 15) is 17.3 Å². The predicted octanol–water partition coefficient (Wildman–Crippen LogP) is 2.73. The molecular weight excluding hydrogens is 382 g/mol. The van der Waals surface area contributed by atoms with Gasteiger partial charge in [-0.15, -0.1) is 0 Å². The third-order valence-corrected chi connectivity index (χ3v) is 4.54. The first-order valence-electron chi connectivity index (χ1n) is 6.64. The molecule has 0 aliphatic rings. The third kappa shape index (κ3) is 17.5. The largest absolute Gasteiger partial charge is 0.673 e. The number of hydrogen-bond acceptors (Lipinski definition) is 0. The summed E-state index contributed by atoms with van der Waals surface area (Å²) in [6, 6.07) is 10.8. The molecule has 0 saturated heterocycles. The maximum atomic E-state index is 9.75. The fourth-order valence-corrected chi connectivity index (χ4v) is 3.22. The lowest BCUT2D eigenvalue weighted by molar-refractivity contribution is -0.557. The number of rotatable bonds is 7. The Balaban J connectivity index is 0.000000621. The van der Waals surface area contributed by atoms with Crippen molar-refractivity contribution < 1.29 is 38.5 Å². The summed E-state index contributed by atoms with van der Waals surface area (Å²) in [5, 5.41) is 0. The lowest BCUT2D eigenvalue weighted by Crippen LogP contribution is -3.59. The van der Waals surface area contributed by atoms with Crippen LogP contribution < -0.4 is 21.2 Å². The fourth-order valence-electron chi connectivity index (χ4n) is 1.36. The average molecular weight is 402 g/mol. The van der Waals surface area contributed by atoms with Gasteiger partial charge < -0.3 is 17.3 Å². The maximum Gasteiger partial charge on any atom is 0.673 e. The van der Waals surface area contributed by atoms with Gasteiger partial charge in [0.05, 0.1) is 0 Å². The summed E-state index contributed by atoms with van der Waals surface area (Å²) in [4.78, 5) is 0. The van der Waals surface area contributed by atoms with Gasteiger partial charge in [0.15, 0.2) is 7.65 Å². The van der Waals surface area contributed by atoms with E-state index in [1.165, 1.54) is 35.7 Å². The van der Waals surface area contributed by atoms with E-state index < -0.39 is 7.25 Å². The highest BCUT2D eigenvalue weighted by Gasteiger charge is 2.20. The zero-order valence-electron chi connectivity index (χ0n) is 11.5. The summed E-state index contributed by atoms with van der Waals surface area (Å²) < 4.78 is 42.9. The molecule has 0 amide bonds. The second-order valence-corrected chi connectivity index (χ2v) is 6.70. The number of benzene rings is 1. The molecule has 0 atom stereocenters. The van der Waals surface area contributed by atoms with E-state index in [4.69, 9.17) is 0 Å². The predicted molar refractivity (Wildman–Crippen MR) is 73.2 cm³/mol. The van der Waals surface area contributed by atoms with Crippen molar-refractivity contribution in [1.29, 1.82) is 0 Å². The van der Waals surface area contributed by atoms with Crippen molar-refractivity contribution in [1.82, 2.24) is 0 Å². The van der Waals surface area contributed by atoms with Crippen molar-refractivity contribution in [2.45, 2.75) is 39.0 Å². The Kier molecular flexibility index (Phi) is 11.9. The Morgan fingerprint density at radius 3 is 2.15 bits per heavy atom. The smallest absolute Gasteiger partial charge is 0.418 e. The molecule has 0 radical (unpaired) electrons. The number of hydrogen-bond donors (Lipinski definition) is 0. The first-order chi connectivity index (χ1) is 9.43. The minimum atomic E-state index is -6.00. The van der Waals surface area contributed by atoms with E-state index in [0.29, 0.717) is 0 Å². The molecule has 0 aliphatic carbocycles. The molecule has 0 N–H and O–H groups in total. The molecule has 114 valence electrons. The Morgan fingerprint density at radius 2 is 1.60 bits per heavy atom. The number of halogens is 5. The van der Waals surface area contributed by atoms with Crippen LogP contribution in [0.4, 0.5) is 17.3 Å². The molecule has 6 heteroatoms. The molecule has 0 nitrogen and oxygen atoms in total. The van der Waals surface area contributed by atoms with Gasteiger partial charge in [0.2, 0.25) is 0 Å². The molecule has 20 heavy (non-hydrogen) atoms. The molecule has 0 saturated carbocycles. The molecule has 0 heterocycles. The summed E-state index contributed by atoms with van der Waals surface area (Å²) in [7, 11) is -6.00. The highest BCUT2D eigenvalue weighted by atomic mass is 127. The monoisotopic (exact) mass is 402 g/mol. The zero-order chi connectivity index (χ0) is 15.3. The number of unbranched alkanes of at least 4 members (excludes halogenated alkanes) is 4. The van der Waals surface area contributed by atoms with Crippen LogP contribution in [-0.4, -0.2) is 7.25 Å². The van der Waals surface area contributed by atoms with Crippen molar-refractivity contribution in [3.63, 3.8) is 0 Å². The van der Waals surface area contributed by atoms with Gasteiger partial charge in [-0.25, -0.2) is 0 Å². The van der Waals surface area contributed by atoms with Crippen molar-refractivity contribution in [3.8, 4) is 0 Å². The fraction of sp³-hybridized carbons (Fsp3) is 0.429.